The van der Waals surface area contributed by atoms with Gasteiger partial charge in [-0.1, -0.05) is 11.2 Å². The number of hydrogen-bond acceptors (Lipinski definition) is 3. The van der Waals surface area contributed by atoms with Crippen molar-refractivity contribution < 1.29 is 9.23 Å². The van der Waals surface area contributed by atoms with E-state index < -0.39 is 5.97 Å². The molecule has 0 atom stereocenters. The quantitative estimate of drug-likeness (QED) is 0.477. The van der Waals surface area contributed by atoms with Crippen molar-refractivity contribution in [1.29, 1.82) is 0 Å². The van der Waals surface area contributed by atoms with Crippen LogP contribution in [-0.2, 0) is 4.84 Å². The predicted octanol–water partition coefficient (Wildman–Crippen LogP) is 0.835. The van der Waals surface area contributed by atoms with E-state index in [-0.39, 0.29) is 0 Å². The fourth-order valence-corrected chi connectivity index (χ4v) is 0.940. The van der Waals surface area contributed by atoms with Gasteiger partial charge in [0, 0.05) is 12.1 Å². The minimum Gasteiger partial charge on any atom is -0.397 e. The largest absolute Gasteiger partial charge is 0.397 e. The second-order valence-electron chi connectivity index (χ2n) is 2.26. The summed E-state index contributed by atoms with van der Waals surface area (Å²) in [6.07, 6.45) is 2.68. The number of nitrogens with one attached hydrogen (secondary N) is 1. The van der Waals surface area contributed by atoms with Crippen molar-refractivity contribution in [3.63, 3.8) is 0 Å². The summed E-state index contributed by atoms with van der Waals surface area (Å²) >= 11 is 0. The number of rotatable bonds is 2. The van der Waals surface area contributed by atoms with Gasteiger partial charge in [-0.25, -0.2) is 0 Å². The van der Waals surface area contributed by atoms with Crippen molar-refractivity contribution in [3.05, 3.63) is 11.6 Å². The molecule has 1 rings (SSSR count). The SMILES string of the molecule is CO/N=C(/F)C1=CCCNC1. The third-order valence-corrected chi connectivity index (χ3v) is 1.46. The third-order valence-electron chi connectivity index (χ3n) is 1.46. The van der Waals surface area contributed by atoms with E-state index in [1.165, 1.54) is 7.11 Å². The van der Waals surface area contributed by atoms with Crippen LogP contribution >= 0.6 is 0 Å². The zero-order chi connectivity index (χ0) is 8.10. The third kappa shape index (κ3) is 2.31. The van der Waals surface area contributed by atoms with Gasteiger partial charge >= 0.3 is 0 Å². The minimum absolute atomic E-state index is 0.528. The van der Waals surface area contributed by atoms with Crippen molar-refractivity contribution in [1.82, 2.24) is 5.32 Å². The van der Waals surface area contributed by atoms with E-state index in [2.05, 4.69) is 15.3 Å². The molecule has 1 aliphatic rings. The first-order valence-corrected chi connectivity index (χ1v) is 3.51. The van der Waals surface area contributed by atoms with Crippen LogP contribution in [0.15, 0.2) is 16.8 Å². The first kappa shape index (κ1) is 8.20. The molecule has 1 heterocycles. The summed E-state index contributed by atoms with van der Waals surface area (Å²) in [6, 6.07) is 0. The van der Waals surface area contributed by atoms with Crippen molar-refractivity contribution in [2.75, 3.05) is 20.2 Å². The summed E-state index contributed by atoms with van der Waals surface area (Å²) in [5.41, 5.74) is 0.582. The maximum Gasteiger partial charge on any atom is 0.253 e. The number of nitrogens with zero attached hydrogens (tertiary/aromatic N) is 1. The second-order valence-corrected chi connectivity index (χ2v) is 2.26. The molecule has 0 fully saturated rings. The highest BCUT2D eigenvalue weighted by molar-refractivity contribution is 5.92. The molecule has 62 valence electrons. The van der Waals surface area contributed by atoms with E-state index in [4.69, 9.17) is 0 Å². The Kier molecular flexibility index (Phi) is 3.04. The molecule has 0 aliphatic carbocycles. The fraction of sp³-hybridized carbons (Fsp3) is 0.571. The maximum atomic E-state index is 12.8. The Hall–Kier alpha value is -0.900. The Morgan fingerprint density at radius 3 is 3.18 bits per heavy atom. The molecular formula is C7H11FN2O. The van der Waals surface area contributed by atoms with E-state index in [0.29, 0.717) is 12.1 Å². The summed E-state index contributed by atoms with van der Waals surface area (Å²) in [7, 11) is 1.33. The van der Waals surface area contributed by atoms with Gasteiger partial charge in [-0.05, 0) is 13.0 Å². The van der Waals surface area contributed by atoms with Crippen LogP contribution in [0.2, 0.25) is 0 Å². The lowest BCUT2D eigenvalue weighted by Crippen LogP contribution is -2.24. The van der Waals surface area contributed by atoms with Gasteiger partial charge in [-0.3, -0.25) is 0 Å². The molecule has 11 heavy (non-hydrogen) atoms. The van der Waals surface area contributed by atoms with Gasteiger partial charge in [0.1, 0.15) is 7.11 Å². The fourth-order valence-electron chi connectivity index (χ4n) is 0.940. The molecule has 0 bridgehead atoms. The molecule has 4 heteroatoms. The number of halogens is 1. The van der Waals surface area contributed by atoms with Crippen molar-refractivity contribution in [3.8, 4) is 0 Å². The molecular weight excluding hydrogens is 147 g/mol. The van der Waals surface area contributed by atoms with Crippen molar-refractivity contribution in [2.24, 2.45) is 5.16 Å². The highest BCUT2D eigenvalue weighted by atomic mass is 19.1. The lowest BCUT2D eigenvalue weighted by atomic mass is 10.1. The van der Waals surface area contributed by atoms with Crippen LogP contribution in [0, 0.1) is 0 Å². The van der Waals surface area contributed by atoms with Gasteiger partial charge < -0.3 is 10.2 Å². The summed E-state index contributed by atoms with van der Waals surface area (Å²) < 4.78 is 12.8. The first-order chi connectivity index (χ1) is 5.34. The average molecular weight is 158 g/mol. The molecule has 0 spiro atoms. The van der Waals surface area contributed by atoms with Crippen LogP contribution in [0.5, 0.6) is 0 Å². The first-order valence-electron chi connectivity index (χ1n) is 3.51. The Balaban J connectivity index is 2.58. The van der Waals surface area contributed by atoms with Crippen LogP contribution < -0.4 is 5.32 Å². The Morgan fingerprint density at radius 1 is 1.82 bits per heavy atom. The van der Waals surface area contributed by atoms with Crippen molar-refractivity contribution >= 4 is 5.97 Å². The molecule has 0 aromatic heterocycles. The summed E-state index contributed by atoms with van der Waals surface area (Å²) in [5, 5.41) is 6.22. The van der Waals surface area contributed by atoms with Crippen LogP contribution in [0.4, 0.5) is 4.39 Å². The molecule has 0 radical (unpaired) electrons. The molecule has 0 saturated heterocycles. The summed E-state index contributed by atoms with van der Waals surface area (Å²) in [4.78, 5) is 4.30. The molecule has 0 aromatic carbocycles. The van der Waals surface area contributed by atoms with E-state index in [1.54, 1.807) is 0 Å². The topological polar surface area (TPSA) is 33.6 Å². The molecule has 1 N–H and O–H groups in total. The highest BCUT2D eigenvalue weighted by Gasteiger charge is 2.08. The number of oxime groups is 1. The van der Waals surface area contributed by atoms with Crippen molar-refractivity contribution in [2.45, 2.75) is 6.42 Å². The zero-order valence-electron chi connectivity index (χ0n) is 6.43. The van der Waals surface area contributed by atoms with Crippen LogP contribution in [0.25, 0.3) is 0 Å². The van der Waals surface area contributed by atoms with E-state index in [9.17, 15) is 4.39 Å². The summed E-state index contributed by atoms with van der Waals surface area (Å²) in [5.74, 6) is -0.528. The van der Waals surface area contributed by atoms with E-state index >= 15 is 0 Å². The van der Waals surface area contributed by atoms with Crippen LogP contribution in [-0.4, -0.2) is 26.2 Å². The standard InChI is InChI=1S/C7H11FN2O/c1-11-10-7(8)6-3-2-4-9-5-6/h3,9H,2,4-5H2,1H3/b10-7+. The van der Waals surface area contributed by atoms with Gasteiger partial charge in [0.05, 0.1) is 0 Å². The smallest absolute Gasteiger partial charge is 0.253 e. The van der Waals surface area contributed by atoms with Gasteiger partial charge in [0.2, 0.25) is 0 Å². The molecule has 0 saturated carbocycles. The number of hydrogen-bond donors (Lipinski definition) is 1. The molecule has 1 aliphatic heterocycles. The van der Waals surface area contributed by atoms with Crippen LogP contribution in [0.1, 0.15) is 6.42 Å². The molecule has 0 amide bonds. The minimum atomic E-state index is -0.528. The van der Waals surface area contributed by atoms with Gasteiger partial charge in [-0.15, -0.1) is 0 Å². The molecule has 3 nitrogen and oxygen atoms in total. The lowest BCUT2D eigenvalue weighted by molar-refractivity contribution is 0.209. The van der Waals surface area contributed by atoms with Gasteiger partial charge in [-0.2, -0.15) is 4.39 Å². The Morgan fingerprint density at radius 2 is 2.64 bits per heavy atom. The average Bonchev–Trinajstić information content (AvgIpc) is 2.07. The maximum absolute atomic E-state index is 12.8. The van der Waals surface area contributed by atoms with Gasteiger partial charge in [0.25, 0.3) is 5.97 Å². The zero-order valence-corrected chi connectivity index (χ0v) is 6.43. The highest BCUT2D eigenvalue weighted by Crippen LogP contribution is 2.04. The predicted molar refractivity (Wildman–Crippen MR) is 41.1 cm³/mol. The Labute approximate surface area is 64.9 Å². The normalized spacial score (nSPS) is 19.5. The summed E-state index contributed by atoms with van der Waals surface area (Å²) in [6.45, 7) is 1.45. The lowest BCUT2D eigenvalue weighted by Gasteiger charge is -2.10. The van der Waals surface area contributed by atoms with Gasteiger partial charge in [0.15, 0.2) is 0 Å². The van der Waals surface area contributed by atoms with Crippen LogP contribution in [0.3, 0.4) is 0 Å². The Bertz CT molecular complexity index is 189. The van der Waals surface area contributed by atoms with E-state index in [1.807, 2.05) is 6.08 Å². The van der Waals surface area contributed by atoms with E-state index in [0.717, 1.165) is 13.0 Å². The molecule has 0 aromatic rings. The monoisotopic (exact) mass is 158 g/mol. The second kappa shape index (κ2) is 4.08. The molecule has 0 unspecified atom stereocenters.